The Morgan fingerprint density at radius 1 is 1.06 bits per heavy atom. The molecule has 1 aliphatic carbocycles. The topological polar surface area (TPSA) is 101 Å². The van der Waals surface area contributed by atoms with E-state index in [1.165, 1.54) is 22.6 Å². The molecule has 0 spiro atoms. The normalized spacial score (nSPS) is 20.1. The molecule has 1 aliphatic heterocycles. The van der Waals surface area contributed by atoms with Crippen LogP contribution in [-0.2, 0) is 14.4 Å². The Morgan fingerprint density at radius 3 is 2.44 bits per heavy atom. The van der Waals surface area contributed by atoms with Crippen molar-refractivity contribution in [2.75, 3.05) is 12.0 Å². The molecule has 0 unspecified atom stereocenters. The zero-order valence-corrected chi connectivity index (χ0v) is 17.9. The second-order valence-corrected chi connectivity index (χ2v) is 8.74. The van der Waals surface area contributed by atoms with Crippen LogP contribution in [0.3, 0.4) is 0 Å². The number of likely N-dealkylation sites (tertiary alicyclic amines) is 1. The number of hydrogen-bond donors (Lipinski definition) is 1. The minimum absolute atomic E-state index is 0.00532. The molecule has 1 N–H and O–H groups in total. The summed E-state index contributed by atoms with van der Waals surface area (Å²) in [5.74, 6) is -1.55. The Hall–Kier alpha value is -3.59. The van der Waals surface area contributed by atoms with Crippen LogP contribution in [0, 0.1) is 11.8 Å². The fraction of sp³-hybridized carbons (Fsp3) is 0.261. The molecule has 0 bridgehead atoms. The largest absolute Gasteiger partial charge is 0.282 e. The summed E-state index contributed by atoms with van der Waals surface area (Å²) < 4.78 is 1.06. The highest BCUT2D eigenvalue weighted by Gasteiger charge is 2.46. The SMILES string of the molecule is O=C(CCN1C(=O)[C@H]2CC=CC[C@H]2C1=O)Nn1cnc2scc(-c3ccccc3)c2c1=O. The number of benzene rings is 1. The maximum Gasteiger partial charge on any atom is 0.281 e. The van der Waals surface area contributed by atoms with E-state index < -0.39 is 5.91 Å². The van der Waals surface area contributed by atoms with E-state index in [9.17, 15) is 19.2 Å². The zero-order chi connectivity index (χ0) is 22.2. The first-order valence-corrected chi connectivity index (χ1v) is 11.3. The van der Waals surface area contributed by atoms with Crippen molar-refractivity contribution >= 4 is 39.3 Å². The first-order valence-electron chi connectivity index (χ1n) is 10.4. The van der Waals surface area contributed by atoms with E-state index >= 15 is 0 Å². The standard InChI is InChI=1S/C23H20N4O4S/c28-18(10-11-26-21(29)15-8-4-5-9-16(15)22(26)30)25-27-13-24-20-19(23(27)31)17(12-32-20)14-6-2-1-3-7-14/h1-7,12-13,15-16H,8-11H2,(H,25,28)/t15-,16+. The summed E-state index contributed by atoms with van der Waals surface area (Å²) in [5, 5.41) is 2.31. The molecule has 162 valence electrons. The van der Waals surface area contributed by atoms with E-state index in [0.29, 0.717) is 23.1 Å². The predicted molar refractivity (Wildman–Crippen MR) is 120 cm³/mol. The van der Waals surface area contributed by atoms with Gasteiger partial charge in [-0.15, -0.1) is 11.3 Å². The molecule has 2 atom stereocenters. The zero-order valence-electron chi connectivity index (χ0n) is 17.1. The molecule has 5 rings (SSSR count). The smallest absolute Gasteiger partial charge is 0.281 e. The molecule has 32 heavy (non-hydrogen) atoms. The molecular formula is C23H20N4O4S. The molecule has 8 nitrogen and oxygen atoms in total. The van der Waals surface area contributed by atoms with Gasteiger partial charge < -0.3 is 0 Å². The average molecular weight is 449 g/mol. The third-order valence-corrected chi connectivity index (χ3v) is 6.87. The van der Waals surface area contributed by atoms with Crippen molar-refractivity contribution in [3.05, 3.63) is 64.5 Å². The van der Waals surface area contributed by atoms with Gasteiger partial charge in [-0.2, -0.15) is 0 Å². The number of nitrogens with zero attached hydrogens (tertiary/aromatic N) is 3. The lowest BCUT2D eigenvalue weighted by Crippen LogP contribution is -2.37. The molecule has 9 heteroatoms. The van der Waals surface area contributed by atoms with Crippen molar-refractivity contribution in [2.45, 2.75) is 19.3 Å². The van der Waals surface area contributed by atoms with Crippen LogP contribution in [0.25, 0.3) is 21.3 Å². The lowest BCUT2D eigenvalue weighted by Gasteiger charge is -2.14. The number of carbonyl (C=O) groups is 3. The van der Waals surface area contributed by atoms with Crippen molar-refractivity contribution in [2.24, 2.45) is 11.8 Å². The number of aromatic nitrogens is 2. The number of hydrogen-bond acceptors (Lipinski definition) is 6. The number of thiophene rings is 1. The molecule has 1 fully saturated rings. The molecule has 0 radical (unpaired) electrons. The lowest BCUT2D eigenvalue weighted by atomic mass is 9.85. The van der Waals surface area contributed by atoms with Crippen LogP contribution >= 0.6 is 11.3 Å². The van der Waals surface area contributed by atoms with E-state index in [2.05, 4.69) is 10.4 Å². The minimum atomic E-state index is -0.474. The number of rotatable bonds is 5. The van der Waals surface area contributed by atoms with E-state index in [4.69, 9.17) is 0 Å². The van der Waals surface area contributed by atoms with Crippen molar-refractivity contribution in [3.8, 4) is 11.1 Å². The predicted octanol–water partition coefficient (Wildman–Crippen LogP) is 2.54. The molecule has 1 aromatic carbocycles. The Morgan fingerprint density at radius 2 is 1.75 bits per heavy atom. The second kappa shape index (κ2) is 8.16. The van der Waals surface area contributed by atoms with E-state index in [1.807, 2.05) is 47.9 Å². The van der Waals surface area contributed by atoms with Gasteiger partial charge in [0.1, 0.15) is 11.2 Å². The summed E-state index contributed by atoms with van der Waals surface area (Å²) in [4.78, 5) is 56.7. The number of nitrogens with one attached hydrogen (secondary N) is 1. The Kier molecular flexibility index (Phi) is 5.18. The first-order chi connectivity index (χ1) is 15.5. The van der Waals surface area contributed by atoms with Crippen LogP contribution in [0.1, 0.15) is 19.3 Å². The van der Waals surface area contributed by atoms with Crippen molar-refractivity contribution in [3.63, 3.8) is 0 Å². The third-order valence-electron chi connectivity index (χ3n) is 5.99. The molecular weight excluding hydrogens is 428 g/mol. The van der Waals surface area contributed by atoms with Crippen LogP contribution in [0.5, 0.6) is 0 Å². The van der Waals surface area contributed by atoms with Crippen LogP contribution in [0.4, 0.5) is 0 Å². The summed E-state index contributed by atoms with van der Waals surface area (Å²) in [6, 6.07) is 9.50. The van der Waals surface area contributed by atoms with Crippen molar-refractivity contribution < 1.29 is 14.4 Å². The van der Waals surface area contributed by atoms with E-state index in [0.717, 1.165) is 15.8 Å². The summed E-state index contributed by atoms with van der Waals surface area (Å²) in [5.41, 5.74) is 3.80. The number of fused-ring (bicyclic) bond motifs is 2. The molecule has 2 aliphatic rings. The van der Waals surface area contributed by atoms with Crippen LogP contribution in [-0.4, -0.2) is 38.8 Å². The van der Waals surface area contributed by atoms with Gasteiger partial charge in [0.2, 0.25) is 17.7 Å². The first kappa shape index (κ1) is 20.3. The summed E-state index contributed by atoms with van der Waals surface area (Å²) >= 11 is 1.36. The highest BCUT2D eigenvalue weighted by Crippen LogP contribution is 2.35. The molecule has 3 heterocycles. The van der Waals surface area contributed by atoms with Gasteiger partial charge in [0.05, 0.1) is 17.2 Å². The van der Waals surface area contributed by atoms with Gasteiger partial charge in [-0.25, -0.2) is 9.66 Å². The maximum absolute atomic E-state index is 13.0. The Balaban J connectivity index is 1.31. The van der Waals surface area contributed by atoms with Gasteiger partial charge >= 0.3 is 0 Å². The van der Waals surface area contributed by atoms with Crippen LogP contribution in [0.15, 0.2) is 59.0 Å². The third kappa shape index (κ3) is 3.44. The average Bonchev–Trinajstić information content (AvgIpc) is 3.35. The van der Waals surface area contributed by atoms with Crippen LogP contribution < -0.4 is 11.0 Å². The number of carbonyl (C=O) groups excluding carboxylic acids is 3. The fourth-order valence-corrected chi connectivity index (χ4v) is 5.24. The quantitative estimate of drug-likeness (QED) is 0.477. The lowest BCUT2D eigenvalue weighted by molar-refractivity contribution is -0.140. The monoisotopic (exact) mass is 448 g/mol. The number of amides is 3. The van der Waals surface area contributed by atoms with Gasteiger partial charge in [-0.05, 0) is 18.4 Å². The molecule has 1 saturated heterocycles. The Labute approximate surface area is 187 Å². The molecule has 0 saturated carbocycles. The van der Waals surface area contributed by atoms with Gasteiger partial charge in [-0.3, -0.25) is 29.5 Å². The number of imide groups is 1. The van der Waals surface area contributed by atoms with Crippen LogP contribution in [0.2, 0.25) is 0 Å². The second-order valence-electron chi connectivity index (χ2n) is 7.88. The minimum Gasteiger partial charge on any atom is -0.282 e. The van der Waals surface area contributed by atoms with Gasteiger partial charge in [-0.1, -0.05) is 42.5 Å². The molecule has 2 aromatic heterocycles. The highest BCUT2D eigenvalue weighted by molar-refractivity contribution is 7.17. The van der Waals surface area contributed by atoms with Crippen molar-refractivity contribution in [1.29, 1.82) is 0 Å². The Bertz CT molecular complexity index is 1280. The number of allylic oxidation sites excluding steroid dienone is 2. The summed E-state index contributed by atoms with van der Waals surface area (Å²) in [7, 11) is 0. The van der Waals surface area contributed by atoms with Gasteiger partial charge in [0.25, 0.3) is 5.56 Å². The molecule has 3 amide bonds. The van der Waals surface area contributed by atoms with Crippen molar-refractivity contribution in [1.82, 2.24) is 14.6 Å². The van der Waals surface area contributed by atoms with E-state index in [-0.39, 0.29) is 42.2 Å². The van der Waals surface area contributed by atoms with E-state index in [1.54, 1.807) is 0 Å². The summed E-state index contributed by atoms with van der Waals surface area (Å²) in [6.45, 7) is -0.00532. The fourth-order valence-electron chi connectivity index (χ4n) is 4.34. The van der Waals surface area contributed by atoms with Gasteiger partial charge in [0, 0.05) is 23.9 Å². The van der Waals surface area contributed by atoms with Gasteiger partial charge in [0.15, 0.2) is 0 Å². The summed E-state index contributed by atoms with van der Waals surface area (Å²) in [6.07, 6.45) is 6.15. The highest BCUT2D eigenvalue weighted by atomic mass is 32.1. The maximum atomic E-state index is 13.0. The molecule has 3 aromatic rings.